The molecule has 0 amide bonds. The first-order chi connectivity index (χ1) is 13.4. The molecule has 1 aliphatic carbocycles. The van der Waals surface area contributed by atoms with Crippen molar-refractivity contribution < 1.29 is 28.5 Å². The van der Waals surface area contributed by atoms with Crippen molar-refractivity contribution in [3.63, 3.8) is 0 Å². The van der Waals surface area contributed by atoms with Crippen LogP contribution in [0.25, 0.3) is 0 Å². The van der Waals surface area contributed by atoms with Gasteiger partial charge in [0.15, 0.2) is 6.79 Å². The van der Waals surface area contributed by atoms with E-state index in [-0.39, 0.29) is 19.7 Å². The Morgan fingerprint density at radius 1 is 1.11 bits per heavy atom. The molecule has 0 heterocycles. The van der Waals surface area contributed by atoms with Gasteiger partial charge in [-0.1, -0.05) is 32.2 Å². The lowest BCUT2D eigenvalue weighted by molar-refractivity contribution is -0.159. The normalized spacial score (nSPS) is 21.4. The van der Waals surface area contributed by atoms with Gasteiger partial charge in [0.2, 0.25) is 6.79 Å². The van der Waals surface area contributed by atoms with E-state index in [2.05, 4.69) is 32.2 Å². The molecule has 1 aliphatic rings. The third kappa shape index (κ3) is 6.23. The van der Waals surface area contributed by atoms with Crippen molar-refractivity contribution in [2.24, 2.45) is 5.92 Å². The summed E-state index contributed by atoms with van der Waals surface area (Å²) in [6.45, 7) is 10.7. The van der Waals surface area contributed by atoms with E-state index >= 15 is 0 Å². The molecule has 2 rings (SSSR count). The number of hydrogen-bond donors (Lipinski definition) is 0. The van der Waals surface area contributed by atoms with Gasteiger partial charge < -0.3 is 18.9 Å². The van der Waals surface area contributed by atoms with Gasteiger partial charge in [-0.25, -0.2) is 9.59 Å². The maximum atomic E-state index is 11.1. The van der Waals surface area contributed by atoms with Gasteiger partial charge in [0.1, 0.15) is 5.75 Å². The summed E-state index contributed by atoms with van der Waals surface area (Å²) in [5.41, 5.74) is 2.26. The van der Waals surface area contributed by atoms with Crippen LogP contribution in [0, 0.1) is 12.8 Å². The summed E-state index contributed by atoms with van der Waals surface area (Å²) in [5, 5.41) is 0. The molecule has 3 atom stereocenters. The highest BCUT2D eigenvalue weighted by molar-refractivity contribution is 5.81. The van der Waals surface area contributed by atoms with Crippen LogP contribution in [0.1, 0.15) is 43.2 Å². The van der Waals surface area contributed by atoms with Gasteiger partial charge in [0.05, 0.1) is 6.10 Å². The zero-order chi connectivity index (χ0) is 20.5. The largest absolute Gasteiger partial charge is 0.457 e. The van der Waals surface area contributed by atoms with Gasteiger partial charge in [0, 0.05) is 12.2 Å². The topological polar surface area (TPSA) is 71.1 Å². The van der Waals surface area contributed by atoms with Crippen molar-refractivity contribution in [1.82, 2.24) is 0 Å². The van der Waals surface area contributed by atoms with Crippen LogP contribution in [-0.2, 0) is 23.8 Å². The fourth-order valence-electron chi connectivity index (χ4n) is 3.46. The fourth-order valence-corrected chi connectivity index (χ4v) is 3.46. The molecule has 0 aliphatic heterocycles. The number of benzene rings is 1. The van der Waals surface area contributed by atoms with Crippen molar-refractivity contribution in [3.05, 3.63) is 54.6 Å². The Morgan fingerprint density at radius 2 is 1.79 bits per heavy atom. The Morgan fingerprint density at radius 3 is 2.39 bits per heavy atom. The summed E-state index contributed by atoms with van der Waals surface area (Å²) in [7, 11) is 0. The predicted molar refractivity (Wildman–Crippen MR) is 105 cm³/mol. The maximum absolute atomic E-state index is 11.1. The minimum Gasteiger partial charge on any atom is -0.457 e. The molecule has 0 bridgehead atoms. The Labute approximate surface area is 166 Å². The maximum Gasteiger partial charge on any atom is 0.333 e. The van der Waals surface area contributed by atoms with E-state index in [9.17, 15) is 9.59 Å². The van der Waals surface area contributed by atoms with Crippen LogP contribution >= 0.6 is 0 Å². The fraction of sp³-hybridized carbons (Fsp3) is 0.455. The van der Waals surface area contributed by atoms with E-state index in [1.165, 1.54) is 5.56 Å². The van der Waals surface area contributed by atoms with E-state index in [0.29, 0.717) is 17.6 Å². The van der Waals surface area contributed by atoms with Crippen LogP contribution in [0.4, 0.5) is 0 Å². The summed E-state index contributed by atoms with van der Waals surface area (Å²) < 4.78 is 21.0. The van der Waals surface area contributed by atoms with Gasteiger partial charge in [0.25, 0.3) is 0 Å². The Balaban J connectivity index is 1.86. The lowest BCUT2D eigenvalue weighted by atomic mass is 9.77. The van der Waals surface area contributed by atoms with Gasteiger partial charge in [-0.3, -0.25) is 0 Å². The Kier molecular flexibility index (Phi) is 8.26. The summed E-state index contributed by atoms with van der Waals surface area (Å²) >= 11 is 0. The Hall–Kier alpha value is -2.60. The summed E-state index contributed by atoms with van der Waals surface area (Å²) in [4.78, 5) is 22.1. The van der Waals surface area contributed by atoms with Crippen molar-refractivity contribution in [2.45, 2.75) is 45.1 Å². The molecule has 28 heavy (non-hydrogen) atoms. The summed E-state index contributed by atoms with van der Waals surface area (Å²) in [5.74, 6) is 0.502. The Bertz CT molecular complexity index is 711. The second-order valence-corrected chi connectivity index (χ2v) is 6.93. The molecule has 6 heteroatoms. The van der Waals surface area contributed by atoms with Crippen LogP contribution in [0.5, 0.6) is 5.75 Å². The number of rotatable bonds is 9. The molecule has 0 radical (unpaired) electrons. The van der Waals surface area contributed by atoms with E-state index < -0.39 is 11.9 Å². The molecule has 0 N–H and O–H groups in total. The molecule has 1 saturated carbocycles. The number of carbonyl (C=O) groups excluding carboxylic acids is 2. The third-order valence-corrected chi connectivity index (χ3v) is 4.99. The summed E-state index contributed by atoms with van der Waals surface area (Å²) in [6, 6.07) is 6.09. The van der Waals surface area contributed by atoms with Gasteiger partial charge in [-0.2, -0.15) is 0 Å². The molecule has 6 nitrogen and oxygen atoms in total. The first kappa shape index (κ1) is 21.7. The third-order valence-electron chi connectivity index (χ3n) is 4.99. The predicted octanol–water partition coefficient (Wildman–Crippen LogP) is 4.04. The average Bonchev–Trinajstić information content (AvgIpc) is 2.69. The lowest BCUT2D eigenvalue weighted by Gasteiger charge is -2.34. The van der Waals surface area contributed by atoms with Crippen LogP contribution < -0.4 is 4.74 Å². The standard InChI is InChI=1S/C22H28O6/c1-5-21(23)27-13-25-19-9-7-17(11-15(19)3)18-8-10-20(16(4)12-18)26-14-28-22(24)6-2/h5-7,9,11,16,18,20H,1-2,8,10,12-14H2,3-4H3. The number of esters is 2. The van der Waals surface area contributed by atoms with E-state index in [1.54, 1.807) is 0 Å². The number of carbonyl (C=O) groups is 2. The lowest BCUT2D eigenvalue weighted by Crippen LogP contribution is -2.30. The zero-order valence-corrected chi connectivity index (χ0v) is 16.5. The highest BCUT2D eigenvalue weighted by Gasteiger charge is 2.29. The van der Waals surface area contributed by atoms with Crippen molar-refractivity contribution in [1.29, 1.82) is 0 Å². The SMILES string of the molecule is C=CC(=O)OCOc1ccc(C2CCC(OCOC(=O)C=C)C(C)C2)cc1C. The van der Waals surface area contributed by atoms with Crippen LogP contribution in [-0.4, -0.2) is 31.6 Å². The minimum atomic E-state index is -0.513. The second-order valence-electron chi connectivity index (χ2n) is 6.93. The van der Waals surface area contributed by atoms with Gasteiger partial charge in [-0.05, 0) is 55.2 Å². The zero-order valence-electron chi connectivity index (χ0n) is 16.5. The van der Waals surface area contributed by atoms with Crippen molar-refractivity contribution >= 4 is 11.9 Å². The average molecular weight is 388 g/mol. The van der Waals surface area contributed by atoms with E-state index in [4.69, 9.17) is 18.9 Å². The summed E-state index contributed by atoms with van der Waals surface area (Å²) in [6.07, 6.45) is 5.22. The van der Waals surface area contributed by atoms with Crippen molar-refractivity contribution in [3.8, 4) is 5.75 Å². The monoisotopic (exact) mass is 388 g/mol. The highest BCUT2D eigenvalue weighted by Crippen LogP contribution is 2.38. The van der Waals surface area contributed by atoms with Gasteiger partial charge in [-0.15, -0.1) is 0 Å². The molecule has 1 aromatic carbocycles. The first-order valence-electron chi connectivity index (χ1n) is 9.38. The molecule has 0 spiro atoms. The number of aryl methyl sites for hydroxylation is 1. The highest BCUT2D eigenvalue weighted by atomic mass is 16.7. The molecular weight excluding hydrogens is 360 g/mol. The quantitative estimate of drug-likeness (QED) is 0.361. The molecule has 1 fully saturated rings. The van der Waals surface area contributed by atoms with E-state index in [0.717, 1.165) is 37.0 Å². The first-order valence-corrected chi connectivity index (χ1v) is 9.38. The molecule has 1 aromatic rings. The van der Waals surface area contributed by atoms with Crippen LogP contribution in [0.3, 0.4) is 0 Å². The second kappa shape index (κ2) is 10.7. The van der Waals surface area contributed by atoms with Crippen LogP contribution in [0.15, 0.2) is 43.5 Å². The van der Waals surface area contributed by atoms with E-state index in [1.807, 2.05) is 13.0 Å². The molecular formula is C22H28O6. The number of ether oxygens (including phenoxy) is 4. The smallest absolute Gasteiger partial charge is 0.333 e. The van der Waals surface area contributed by atoms with Crippen molar-refractivity contribution in [2.75, 3.05) is 13.6 Å². The molecule has 152 valence electrons. The minimum absolute atomic E-state index is 0.0356. The van der Waals surface area contributed by atoms with Crippen LogP contribution in [0.2, 0.25) is 0 Å². The molecule has 0 saturated heterocycles. The molecule has 3 unspecified atom stereocenters. The molecule has 0 aromatic heterocycles. The number of hydrogen-bond acceptors (Lipinski definition) is 6. The van der Waals surface area contributed by atoms with Gasteiger partial charge >= 0.3 is 11.9 Å².